The zero-order chi connectivity index (χ0) is 11.5. The molecule has 1 N–H and O–H groups in total. The molecular weight excluding hydrogens is 206 g/mol. The molecule has 0 aromatic carbocycles. The van der Waals surface area contributed by atoms with Crippen molar-refractivity contribution in [3.05, 3.63) is 0 Å². The SMILES string of the molecule is CCC(CCCCC(=O)NC)CCSC. The van der Waals surface area contributed by atoms with Gasteiger partial charge in [-0.05, 0) is 30.8 Å². The van der Waals surface area contributed by atoms with Crippen LogP contribution >= 0.6 is 11.8 Å². The van der Waals surface area contributed by atoms with Gasteiger partial charge in [-0.15, -0.1) is 0 Å². The molecule has 0 aliphatic rings. The second-order valence-electron chi connectivity index (χ2n) is 3.97. The largest absolute Gasteiger partial charge is 0.359 e. The topological polar surface area (TPSA) is 29.1 Å². The number of unbranched alkanes of at least 4 members (excludes halogenated alkanes) is 1. The van der Waals surface area contributed by atoms with Gasteiger partial charge < -0.3 is 5.32 Å². The van der Waals surface area contributed by atoms with E-state index in [4.69, 9.17) is 0 Å². The normalized spacial score (nSPS) is 12.5. The Labute approximate surface area is 98.6 Å². The van der Waals surface area contributed by atoms with Gasteiger partial charge in [0, 0.05) is 13.5 Å². The third kappa shape index (κ3) is 8.79. The van der Waals surface area contributed by atoms with Crippen LogP contribution in [-0.4, -0.2) is 25.0 Å². The third-order valence-electron chi connectivity index (χ3n) is 2.85. The molecule has 0 saturated carbocycles. The fourth-order valence-electron chi connectivity index (χ4n) is 1.68. The van der Waals surface area contributed by atoms with E-state index in [9.17, 15) is 4.79 Å². The molecule has 90 valence electrons. The van der Waals surface area contributed by atoms with E-state index in [0.29, 0.717) is 6.42 Å². The van der Waals surface area contributed by atoms with Crippen molar-refractivity contribution in [3.8, 4) is 0 Å². The van der Waals surface area contributed by atoms with Crippen LogP contribution in [0.3, 0.4) is 0 Å². The molecule has 2 nitrogen and oxygen atoms in total. The number of carbonyl (C=O) groups is 1. The van der Waals surface area contributed by atoms with E-state index in [-0.39, 0.29) is 5.91 Å². The van der Waals surface area contributed by atoms with Gasteiger partial charge in [-0.2, -0.15) is 11.8 Å². The van der Waals surface area contributed by atoms with Crippen molar-refractivity contribution in [2.45, 2.75) is 45.4 Å². The molecule has 0 fully saturated rings. The lowest BCUT2D eigenvalue weighted by atomic mass is 9.96. The number of thioether (sulfide) groups is 1. The van der Waals surface area contributed by atoms with Crippen molar-refractivity contribution in [3.63, 3.8) is 0 Å². The van der Waals surface area contributed by atoms with E-state index >= 15 is 0 Å². The summed E-state index contributed by atoms with van der Waals surface area (Å²) in [5, 5.41) is 2.66. The Bertz CT molecular complexity index is 162. The lowest BCUT2D eigenvalue weighted by Crippen LogP contribution is -2.17. The van der Waals surface area contributed by atoms with Crippen LogP contribution in [0.25, 0.3) is 0 Å². The fourth-order valence-corrected chi connectivity index (χ4v) is 2.25. The quantitative estimate of drug-likeness (QED) is 0.618. The first kappa shape index (κ1) is 14.8. The molecule has 0 radical (unpaired) electrons. The molecule has 0 aliphatic heterocycles. The summed E-state index contributed by atoms with van der Waals surface area (Å²) in [7, 11) is 1.70. The first-order valence-electron chi connectivity index (χ1n) is 5.94. The van der Waals surface area contributed by atoms with Crippen molar-refractivity contribution >= 4 is 17.7 Å². The van der Waals surface area contributed by atoms with Crippen molar-refractivity contribution in [2.75, 3.05) is 19.1 Å². The highest BCUT2D eigenvalue weighted by Crippen LogP contribution is 2.18. The Hall–Kier alpha value is -0.180. The predicted octanol–water partition coefficient (Wildman–Crippen LogP) is 3.07. The van der Waals surface area contributed by atoms with E-state index in [0.717, 1.165) is 12.3 Å². The minimum atomic E-state index is 0.173. The number of hydrogen-bond acceptors (Lipinski definition) is 2. The number of rotatable bonds is 9. The summed E-state index contributed by atoms with van der Waals surface area (Å²) in [6, 6.07) is 0. The molecule has 1 amide bonds. The van der Waals surface area contributed by atoms with Crippen LogP contribution < -0.4 is 5.32 Å². The van der Waals surface area contributed by atoms with E-state index < -0.39 is 0 Å². The second kappa shape index (κ2) is 10.3. The fraction of sp³-hybridized carbons (Fsp3) is 0.917. The van der Waals surface area contributed by atoms with Gasteiger partial charge in [0.1, 0.15) is 0 Å². The Morgan fingerprint density at radius 2 is 2.07 bits per heavy atom. The molecule has 0 aliphatic carbocycles. The van der Waals surface area contributed by atoms with Gasteiger partial charge in [-0.25, -0.2) is 0 Å². The van der Waals surface area contributed by atoms with Crippen LogP contribution in [0.15, 0.2) is 0 Å². The maximum Gasteiger partial charge on any atom is 0.219 e. The molecule has 0 aromatic heterocycles. The first-order valence-corrected chi connectivity index (χ1v) is 7.33. The van der Waals surface area contributed by atoms with E-state index in [1.54, 1.807) is 7.05 Å². The Morgan fingerprint density at radius 3 is 2.60 bits per heavy atom. The van der Waals surface area contributed by atoms with Gasteiger partial charge in [-0.3, -0.25) is 4.79 Å². The van der Waals surface area contributed by atoms with Crippen LogP contribution in [0.2, 0.25) is 0 Å². The number of nitrogens with one attached hydrogen (secondary N) is 1. The highest BCUT2D eigenvalue weighted by molar-refractivity contribution is 7.98. The third-order valence-corrected chi connectivity index (χ3v) is 3.50. The van der Waals surface area contributed by atoms with E-state index in [1.165, 1.54) is 31.4 Å². The molecule has 0 heterocycles. The van der Waals surface area contributed by atoms with Crippen molar-refractivity contribution in [2.24, 2.45) is 5.92 Å². The van der Waals surface area contributed by atoms with E-state index in [2.05, 4.69) is 18.5 Å². The van der Waals surface area contributed by atoms with E-state index in [1.807, 2.05) is 11.8 Å². The minimum Gasteiger partial charge on any atom is -0.359 e. The Morgan fingerprint density at radius 1 is 1.33 bits per heavy atom. The summed E-state index contributed by atoms with van der Waals surface area (Å²) in [5.74, 6) is 2.31. The van der Waals surface area contributed by atoms with Gasteiger partial charge >= 0.3 is 0 Å². The molecule has 15 heavy (non-hydrogen) atoms. The highest BCUT2D eigenvalue weighted by Gasteiger charge is 2.06. The predicted molar refractivity (Wildman–Crippen MR) is 69.3 cm³/mol. The van der Waals surface area contributed by atoms with Gasteiger partial charge in [-0.1, -0.05) is 26.2 Å². The number of carbonyl (C=O) groups excluding carboxylic acids is 1. The maximum absolute atomic E-state index is 11.0. The summed E-state index contributed by atoms with van der Waals surface area (Å²) in [6.07, 6.45) is 8.98. The molecule has 1 atom stereocenters. The number of amides is 1. The van der Waals surface area contributed by atoms with Crippen LogP contribution in [0.1, 0.15) is 45.4 Å². The molecule has 0 aromatic rings. The van der Waals surface area contributed by atoms with Crippen molar-refractivity contribution < 1.29 is 4.79 Å². The Kier molecular flexibility index (Phi) is 10.2. The number of hydrogen-bond donors (Lipinski definition) is 1. The molecule has 0 spiro atoms. The summed E-state index contributed by atoms with van der Waals surface area (Å²) in [6.45, 7) is 2.27. The van der Waals surface area contributed by atoms with Gasteiger partial charge in [0.05, 0.1) is 0 Å². The zero-order valence-electron chi connectivity index (χ0n) is 10.3. The molecule has 3 heteroatoms. The summed E-state index contributed by atoms with van der Waals surface area (Å²) < 4.78 is 0. The molecule has 1 unspecified atom stereocenters. The molecule has 0 saturated heterocycles. The Balaban J connectivity index is 3.41. The van der Waals surface area contributed by atoms with Gasteiger partial charge in [0.15, 0.2) is 0 Å². The zero-order valence-corrected chi connectivity index (χ0v) is 11.2. The van der Waals surface area contributed by atoms with Crippen molar-refractivity contribution in [1.29, 1.82) is 0 Å². The van der Waals surface area contributed by atoms with Crippen LogP contribution in [0.5, 0.6) is 0 Å². The average Bonchev–Trinajstić information content (AvgIpc) is 2.27. The van der Waals surface area contributed by atoms with Crippen LogP contribution in [-0.2, 0) is 4.79 Å². The maximum atomic E-state index is 11.0. The van der Waals surface area contributed by atoms with Crippen LogP contribution in [0, 0.1) is 5.92 Å². The molecule has 0 bridgehead atoms. The summed E-state index contributed by atoms with van der Waals surface area (Å²) in [4.78, 5) is 11.0. The minimum absolute atomic E-state index is 0.173. The summed E-state index contributed by atoms with van der Waals surface area (Å²) >= 11 is 1.93. The molecule has 0 rings (SSSR count). The van der Waals surface area contributed by atoms with Crippen molar-refractivity contribution in [1.82, 2.24) is 5.32 Å². The lowest BCUT2D eigenvalue weighted by Gasteiger charge is -2.13. The first-order chi connectivity index (χ1) is 7.24. The van der Waals surface area contributed by atoms with Crippen LogP contribution in [0.4, 0.5) is 0 Å². The highest BCUT2D eigenvalue weighted by atomic mass is 32.2. The molecular formula is C12H25NOS. The summed E-state index contributed by atoms with van der Waals surface area (Å²) in [5.41, 5.74) is 0. The van der Waals surface area contributed by atoms with Gasteiger partial charge in [0.2, 0.25) is 5.91 Å². The average molecular weight is 231 g/mol. The smallest absolute Gasteiger partial charge is 0.219 e. The standard InChI is InChI=1S/C12H25NOS/c1-4-11(9-10-15-3)7-5-6-8-12(14)13-2/h11H,4-10H2,1-3H3,(H,13,14). The monoisotopic (exact) mass is 231 g/mol. The van der Waals surface area contributed by atoms with Gasteiger partial charge in [0.25, 0.3) is 0 Å². The second-order valence-corrected chi connectivity index (χ2v) is 4.96. The lowest BCUT2D eigenvalue weighted by molar-refractivity contribution is -0.120.